The molecule has 92 heavy (non-hydrogen) atoms. The third-order valence-electron chi connectivity index (χ3n) is 20.1. The number of nitrogens with zero attached hydrogens (tertiary/aromatic N) is 6. The van der Waals surface area contributed by atoms with E-state index < -0.39 is 0 Å². The minimum atomic E-state index is -0.346. The number of rotatable bonds is 36. The van der Waals surface area contributed by atoms with E-state index in [1.807, 2.05) is 36.7 Å². The predicted molar refractivity (Wildman–Crippen MR) is 379 cm³/mol. The van der Waals surface area contributed by atoms with Crippen LogP contribution in [-0.2, 0) is 22.7 Å². The molecule has 0 amide bonds. The number of fused-ring (bicyclic) bond motifs is 9. The molecule has 0 aliphatic carbocycles. The van der Waals surface area contributed by atoms with Gasteiger partial charge in [-0.1, -0.05) is 112 Å². The van der Waals surface area contributed by atoms with Gasteiger partial charge in [-0.25, -0.2) is 0 Å². The molecule has 3 aromatic heterocycles. The molecular weight excluding hydrogens is 1180 g/mol. The van der Waals surface area contributed by atoms with E-state index >= 15 is 0 Å². The van der Waals surface area contributed by atoms with Crippen LogP contribution in [0.4, 0.5) is 0 Å². The van der Waals surface area contributed by atoms with Crippen LogP contribution in [0.2, 0.25) is 0 Å². The smallest absolute Gasteiger partial charge is 0.242 e. The monoisotopic (exact) mass is 1270 g/mol. The Morgan fingerprint density at radius 2 is 0.957 bits per heavy atom. The lowest BCUT2D eigenvalue weighted by molar-refractivity contribution is -0.0502. The summed E-state index contributed by atoms with van der Waals surface area (Å²) in [5.74, 6) is 10.0. The molecule has 9 heterocycles. The number of thioether (sulfide) groups is 2. The standard InChI is InChI=1S/C78H94N6O6S2/c1-5-55-19-23-57(24-20-55)53-87-41-13-7-9-15-43-91-45-35-61-51-83-39-33-59(61)47-73(83)75(65-31-37-79-71-29-27-63(85-3)49-69(65)71)89-77-67-17-11-12-18-68(67)78(82-81-77)90-76(66-32-38-80-72-30-28-64(86-4)50-70(66)72)74-48-60-34-40-84(74)52-62(60)36-46-92-44-16-10-8-14-42-88-54-58-25-21-56(6-2)22-26-58/h5-6,11-12,17-32,37-38,49-50,59-62,73-76H,1-2,7-10,13-16,33-36,39-48,51-54H2,3-4H3/t59-,60-,61?,62?,73-,74-,75+,76+/m1/s1. The first-order chi connectivity index (χ1) is 45.4. The van der Waals surface area contributed by atoms with Crippen LogP contribution in [0.25, 0.3) is 44.7 Å². The first-order valence-electron chi connectivity index (χ1n) is 34.1. The van der Waals surface area contributed by atoms with Crippen molar-refractivity contribution in [2.75, 3.05) is 76.6 Å². The molecule has 5 aromatic carbocycles. The summed E-state index contributed by atoms with van der Waals surface area (Å²) >= 11 is 4.27. The zero-order valence-corrected chi connectivity index (χ0v) is 55.9. The van der Waals surface area contributed by atoms with Gasteiger partial charge in [-0.05, 0) is 207 Å². The van der Waals surface area contributed by atoms with Crippen LogP contribution in [0, 0.1) is 23.7 Å². The van der Waals surface area contributed by atoms with Crippen LogP contribution in [0.1, 0.15) is 135 Å². The van der Waals surface area contributed by atoms with Crippen LogP contribution in [0.5, 0.6) is 23.3 Å². The van der Waals surface area contributed by atoms with Crippen molar-refractivity contribution in [1.82, 2.24) is 30.0 Å². The summed E-state index contributed by atoms with van der Waals surface area (Å²) in [6.45, 7) is 14.9. The molecule has 10 atom stereocenters. The van der Waals surface area contributed by atoms with Gasteiger partial charge in [-0.15, -0.1) is 10.2 Å². The summed E-state index contributed by atoms with van der Waals surface area (Å²) < 4.78 is 38.7. The summed E-state index contributed by atoms with van der Waals surface area (Å²) in [4.78, 5) is 15.1. The van der Waals surface area contributed by atoms with E-state index in [4.69, 9.17) is 48.6 Å². The molecule has 6 saturated heterocycles. The summed E-state index contributed by atoms with van der Waals surface area (Å²) in [7, 11) is 3.46. The van der Waals surface area contributed by atoms with Crippen molar-refractivity contribution < 1.29 is 28.4 Å². The van der Waals surface area contributed by atoms with Crippen molar-refractivity contribution in [2.24, 2.45) is 23.7 Å². The Bertz CT molecular complexity index is 3430. The van der Waals surface area contributed by atoms with Gasteiger partial charge in [0.15, 0.2) is 0 Å². The maximum absolute atomic E-state index is 7.52. The zero-order valence-electron chi connectivity index (χ0n) is 54.2. The van der Waals surface area contributed by atoms with Gasteiger partial charge in [0.2, 0.25) is 11.8 Å². The van der Waals surface area contributed by atoms with E-state index in [1.54, 1.807) is 14.2 Å². The second kappa shape index (κ2) is 33.0. The van der Waals surface area contributed by atoms with Gasteiger partial charge in [-0.3, -0.25) is 19.8 Å². The van der Waals surface area contributed by atoms with Crippen LogP contribution >= 0.6 is 23.5 Å². The molecule has 484 valence electrons. The number of piperidine rings is 6. The highest BCUT2D eigenvalue weighted by molar-refractivity contribution is 7.99. The van der Waals surface area contributed by atoms with Gasteiger partial charge >= 0.3 is 0 Å². The molecule has 4 unspecified atom stereocenters. The normalized spacial score (nSPS) is 21.5. The maximum atomic E-state index is 7.52. The topological polar surface area (TPSA) is 113 Å². The molecule has 14 heteroatoms. The molecule has 0 spiro atoms. The van der Waals surface area contributed by atoms with Crippen LogP contribution in [-0.4, -0.2) is 119 Å². The lowest BCUT2D eigenvalue weighted by Crippen LogP contribution is -2.56. The fraction of sp³-hybridized carbons (Fsp3) is 0.462. The number of ether oxygens (including phenoxy) is 6. The molecule has 12 nitrogen and oxygen atoms in total. The second-order valence-corrected chi connectivity index (χ2v) is 28.3. The molecule has 8 aromatic rings. The number of aromatic nitrogens is 4. The summed E-state index contributed by atoms with van der Waals surface area (Å²) in [6.07, 6.45) is 23.6. The Balaban J connectivity index is 0.699. The molecule has 6 fully saturated rings. The van der Waals surface area contributed by atoms with Crippen molar-refractivity contribution in [2.45, 2.75) is 127 Å². The molecule has 4 bridgehead atoms. The molecule has 14 rings (SSSR count). The molecule has 0 radical (unpaired) electrons. The summed E-state index contributed by atoms with van der Waals surface area (Å²) in [6, 6.07) is 42.2. The summed E-state index contributed by atoms with van der Waals surface area (Å²) in [5.41, 5.74) is 8.71. The largest absolute Gasteiger partial charge is 0.497 e. The van der Waals surface area contributed by atoms with Crippen molar-refractivity contribution in [3.63, 3.8) is 0 Å². The molecule has 6 aliphatic heterocycles. The van der Waals surface area contributed by atoms with Gasteiger partial charge in [0.25, 0.3) is 0 Å². The van der Waals surface area contributed by atoms with E-state index in [9.17, 15) is 0 Å². The number of methoxy groups -OCH3 is 2. The Morgan fingerprint density at radius 3 is 1.37 bits per heavy atom. The van der Waals surface area contributed by atoms with E-state index in [1.165, 1.54) is 98.3 Å². The van der Waals surface area contributed by atoms with Gasteiger partial charge < -0.3 is 28.4 Å². The van der Waals surface area contributed by atoms with Gasteiger partial charge in [-0.2, -0.15) is 23.5 Å². The predicted octanol–water partition coefficient (Wildman–Crippen LogP) is 17.5. The van der Waals surface area contributed by atoms with Crippen molar-refractivity contribution in [3.05, 3.63) is 180 Å². The quantitative estimate of drug-likeness (QED) is 0.0347. The lowest BCUT2D eigenvalue weighted by atomic mass is 9.72. The number of hydrogen-bond donors (Lipinski definition) is 0. The highest BCUT2D eigenvalue weighted by atomic mass is 32.2. The lowest BCUT2D eigenvalue weighted by Gasteiger charge is -2.52. The number of hydrogen-bond acceptors (Lipinski definition) is 14. The Hall–Kier alpha value is -6.52. The highest BCUT2D eigenvalue weighted by Crippen LogP contribution is 2.48. The van der Waals surface area contributed by atoms with Crippen LogP contribution < -0.4 is 18.9 Å². The minimum Gasteiger partial charge on any atom is -0.497 e. The Kier molecular flexibility index (Phi) is 23.5. The fourth-order valence-electron chi connectivity index (χ4n) is 14.9. The minimum absolute atomic E-state index is 0.131. The van der Waals surface area contributed by atoms with Gasteiger partial charge in [0.05, 0.1) is 61.3 Å². The van der Waals surface area contributed by atoms with E-state index in [0.29, 0.717) is 48.6 Å². The highest BCUT2D eigenvalue weighted by Gasteiger charge is 2.47. The first-order valence-corrected chi connectivity index (χ1v) is 36.4. The SMILES string of the molecule is C=Cc1ccc(COCCCCCCSCCC2CN3CC[C@@H]2C[C@@H]3[C@@H](Oc2nnc(O[C@@H](c3ccnc4ccc(OC)cc34)[C@H]3C[C@H]4CCN3CC4CCSCCCCCCOCc3ccc(C=C)cc3)c3ccccc23)c2ccnc3ccc(OC)cc23)cc1. The average molecular weight is 1280 g/mol. The first kappa shape index (κ1) is 65.5. The average Bonchev–Trinajstić information content (AvgIpc) is 0.839. The van der Waals surface area contributed by atoms with Crippen molar-refractivity contribution >= 4 is 68.3 Å². The van der Waals surface area contributed by atoms with Crippen molar-refractivity contribution in [3.8, 4) is 23.3 Å². The fourth-order valence-corrected chi connectivity index (χ4v) is 17.1. The zero-order chi connectivity index (χ0) is 62.9. The molecule has 6 aliphatic rings. The molecular formula is C78H94N6O6S2. The van der Waals surface area contributed by atoms with Crippen LogP contribution in [0.15, 0.2) is 147 Å². The number of pyridine rings is 2. The van der Waals surface area contributed by atoms with Gasteiger partial charge in [0.1, 0.15) is 23.7 Å². The summed E-state index contributed by atoms with van der Waals surface area (Å²) in [5, 5.41) is 14.0. The van der Waals surface area contributed by atoms with Crippen LogP contribution in [0.3, 0.4) is 0 Å². The number of benzene rings is 5. The number of unbranched alkanes of at least 4 members (excludes halogenated alkanes) is 6. The van der Waals surface area contributed by atoms with E-state index in [2.05, 4.69) is 156 Å². The van der Waals surface area contributed by atoms with Crippen molar-refractivity contribution in [1.29, 1.82) is 0 Å². The second-order valence-electron chi connectivity index (χ2n) is 25.8. The molecule has 0 N–H and O–H groups in total. The van der Waals surface area contributed by atoms with Gasteiger partial charge in [0, 0.05) is 60.6 Å². The molecule has 0 saturated carbocycles. The van der Waals surface area contributed by atoms with E-state index in [-0.39, 0.29) is 24.3 Å². The third kappa shape index (κ3) is 16.5. The Morgan fingerprint density at radius 1 is 0.511 bits per heavy atom. The van der Waals surface area contributed by atoms with E-state index in [0.717, 1.165) is 131 Å². The Labute approximate surface area is 554 Å². The maximum Gasteiger partial charge on any atom is 0.242 e. The third-order valence-corrected chi connectivity index (χ3v) is 22.3.